The number of aryl methyl sites for hydroxylation is 1. The van der Waals surface area contributed by atoms with Crippen molar-refractivity contribution in [1.29, 1.82) is 0 Å². The van der Waals surface area contributed by atoms with Gasteiger partial charge in [-0.15, -0.1) is 0 Å². The number of nitrogens with two attached hydrogens (primary N) is 2. The second-order valence-electron chi connectivity index (χ2n) is 5.04. The Balaban J connectivity index is 2.29. The molecule has 24 heavy (non-hydrogen) atoms. The summed E-state index contributed by atoms with van der Waals surface area (Å²) in [5.41, 5.74) is 12.6. The van der Waals surface area contributed by atoms with E-state index in [1.807, 2.05) is 0 Å². The van der Waals surface area contributed by atoms with Gasteiger partial charge in [-0.05, 0) is 25.5 Å². The minimum absolute atomic E-state index is 0.0801. The molecule has 126 valence electrons. The maximum atomic E-state index is 12.0. The highest BCUT2D eigenvalue weighted by molar-refractivity contribution is 6.00. The molecule has 1 aromatic heterocycles. The first-order valence-corrected chi connectivity index (χ1v) is 6.82. The Morgan fingerprint density at radius 1 is 1.42 bits per heavy atom. The summed E-state index contributed by atoms with van der Waals surface area (Å²) in [6.45, 7) is 3.21. The van der Waals surface area contributed by atoms with Crippen LogP contribution in [0.1, 0.15) is 27.3 Å². The van der Waals surface area contributed by atoms with Gasteiger partial charge in [0, 0.05) is 18.3 Å². The van der Waals surface area contributed by atoms with Gasteiger partial charge in [0.1, 0.15) is 5.69 Å². The summed E-state index contributed by atoms with van der Waals surface area (Å²) in [5.74, 6) is -1.15. The zero-order valence-corrected chi connectivity index (χ0v) is 13.3. The molecule has 0 radical (unpaired) electrons. The molecule has 0 aliphatic rings. The van der Waals surface area contributed by atoms with E-state index in [1.165, 1.54) is 18.7 Å². The molecule has 0 saturated carbocycles. The van der Waals surface area contributed by atoms with Gasteiger partial charge in [0.2, 0.25) is 5.69 Å². The summed E-state index contributed by atoms with van der Waals surface area (Å²) in [5, 5.41) is 18.4. The molecule has 1 heterocycles. The molecule has 0 unspecified atom stereocenters. The number of nitrogen functional groups attached to an aromatic ring is 1. The van der Waals surface area contributed by atoms with Gasteiger partial charge in [-0.25, -0.2) is 4.79 Å². The first-order chi connectivity index (χ1) is 11.2. The molecule has 2 rings (SSSR count). The van der Waals surface area contributed by atoms with Crippen LogP contribution in [0.2, 0.25) is 0 Å². The molecule has 0 aliphatic heterocycles. The number of carbonyl (C=O) groups is 1. The number of nitro groups is 1. The monoisotopic (exact) mass is 332 g/mol. The second kappa shape index (κ2) is 6.36. The lowest BCUT2D eigenvalue weighted by molar-refractivity contribution is -0.385. The quantitative estimate of drug-likeness (QED) is 0.211. The molecule has 0 aliphatic carbocycles. The summed E-state index contributed by atoms with van der Waals surface area (Å²) >= 11 is 0. The van der Waals surface area contributed by atoms with Crippen LogP contribution >= 0.6 is 0 Å². The van der Waals surface area contributed by atoms with Gasteiger partial charge < -0.3 is 16.3 Å². The van der Waals surface area contributed by atoms with Gasteiger partial charge in [-0.3, -0.25) is 14.8 Å². The maximum Gasteiger partial charge on any atom is 0.393 e. The van der Waals surface area contributed by atoms with E-state index in [1.54, 1.807) is 25.1 Å². The summed E-state index contributed by atoms with van der Waals surface area (Å²) in [6.07, 6.45) is 0. The molecular weight excluding hydrogens is 316 g/mol. The lowest BCUT2D eigenvalue weighted by atomic mass is 10.1. The van der Waals surface area contributed by atoms with Crippen molar-refractivity contribution >= 4 is 23.2 Å². The van der Waals surface area contributed by atoms with E-state index in [4.69, 9.17) is 16.3 Å². The Morgan fingerprint density at radius 2 is 2.08 bits per heavy atom. The zero-order chi connectivity index (χ0) is 18.0. The lowest BCUT2D eigenvalue weighted by Gasteiger charge is -2.06. The smallest absolute Gasteiger partial charge is 0.393 e. The number of hydrogen-bond donors (Lipinski definition) is 2. The molecule has 0 spiro atoms. The second-order valence-corrected chi connectivity index (χ2v) is 5.04. The molecule has 0 atom stereocenters. The predicted molar refractivity (Wildman–Crippen MR) is 86.3 cm³/mol. The normalized spacial score (nSPS) is 11.4. The van der Waals surface area contributed by atoms with Crippen molar-refractivity contribution in [3.63, 3.8) is 0 Å². The Kier molecular flexibility index (Phi) is 4.49. The highest BCUT2D eigenvalue weighted by Gasteiger charge is 2.30. The Labute approximate surface area is 136 Å². The number of anilines is 1. The number of benzene rings is 1. The Morgan fingerprint density at radius 3 is 2.71 bits per heavy atom. The topological polar surface area (TPSA) is 152 Å². The third-order valence-corrected chi connectivity index (χ3v) is 3.56. The zero-order valence-electron chi connectivity index (χ0n) is 13.3. The van der Waals surface area contributed by atoms with Crippen LogP contribution in [0, 0.1) is 24.0 Å². The number of amidine groups is 1. The van der Waals surface area contributed by atoms with E-state index >= 15 is 0 Å². The van der Waals surface area contributed by atoms with Gasteiger partial charge in [0.15, 0.2) is 5.84 Å². The lowest BCUT2D eigenvalue weighted by Crippen LogP contribution is -2.17. The first-order valence-electron chi connectivity index (χ1n) is 6.82. The van der Waals surface area contributed by atoms with Gasteiger partial charge >= 0.3 is 11.7 Å². The fourth-order valence-corrected chi connectivity index (χ4v) is 2.07. The van der Waals surface area contributed by atoms with Crippen LogP contribution in [0.3, 0.4) is 0 Å². The van der Waals surface area contributed by atoms with E-state index in [9.17, 15) is 14.9 Å². The van der Waals surface area contributed by atoms with E-state index in [-0.39, 0.29) is 11.5 Å². The van der Waals surface area contributed by atoms with Crippen LogP contribution < -0.4 is 11.5 Å². The summed E-state index contributed by atoms with van der Waals surface area (Å²) < 4.78 is 1.21. The van der Waals surface area contributed by atoms with Crippen molar-refractivity contribution < 1.29 is 14.6 Å². The van der Waals surface area contributed by atoms with Crippen molar-refractivity contribution in [2.45, 2.75) is 13.8 Å². The number of aromatic nitrogens is 2. The predicted octanol–water partition coefficient (Wildman–Crippen LogP) is 1.00. The minimum atomic E-state index is -1.07. The average Bonchev–Trinajstić information content (AvgIpc) is 2.83. The van der Waals surface area contributed by atoms with Gasteiger partial charge in [0.05, 0.1) is 4.92 Å². The van der Waals surface area contributed by atoms with Crippen LogP contribution in [-0.4, -0.2) is 26.5 Å². The molecule has 2 aromatic rings. The van der Waals surface area contributed by atoms with Crippen molar-refractivity contribution in [3.05, 3.63) is 50.8 Å². The summed E-state index contributed by atoms with van der Waals surface area (Å²) in [4.78, 5) is 27.1. The molecule has 0 bridgehead atoms. The third kappa shape index (κ3) is 3.02. The largest absolute Gasteiger partial charge is 0.398 e. The van der Waals surface area contributed by atoms with Gasteiger partial charge in [0.25, 0.3) is 0 Å². The molecule has 0 saturated heterocycles. The fraction of sp³-hybridized carbons (Fsp3) is 0.214. The van der Waals surface area contributed by atoms with Crippen LogP contribution in [0.25, 0.3) is 0 Å². The molecule has 10 nitrogen and oxygen atoms in total. The third-order valence-electron chi connectivity index (χ3n) is 3.56. The Hall–Kier alpha value is -3.43. The molecule has 4 N–H and O–H groups in total. The highest BCUT2D eigenvalue weighted by atomic mass is 16.7. The minimum Gasteiger partial charge on any atom is -0.398 e. The number of hydrogen-bond acceptors (Lipinski definition) is 7. The molecule has 0 fully saturated rings. The highest BCUT2D eigenvalue weighted by Crippen LogP contribution is 2.23. The number of nitrogens with zero attached hydrogens (tertiary/aromatic N) is 4. The number of rotatable bonds is 4. The maximum absolute atomic E-state index is 12.0. The van der Waals surface area contributed by atoms with Gasteiger partial charge in [-0.2, -0.15) is 5.10 Å². The van der Waals surface area contributed by atoms with E-state index < -0.39 is 22.3 Å². The SMILES string of the molecule is Cc1c(N)cccc1/C(N)=N/OC(=O)c1nn(C)c(C)c1[N+](=O)[O-]. The van der Waals surface area contributed by atoms with E-state index in [0.717, 1.165) is 0 Å². The summed E-state index contributed by atoms with van der Waals surface area (Å²) in [7, 11) is 1.48. The van der Waals surface area contributed by atoms with Crippen LogP contribution in [-0.2, 0) is 11.9 Å². The summed E-state index contributed by atoms with van der Waals surface area (Å²) in [6, 6.07) is 5.03. The molecular formula is C14H16N6O4. The van der Waals surface area contributed by atoms with Crippen LogP contribution in [0.4, 0.5) is 11.4 Å². The van der Waals surface area contributed by atoms with Gasteiger partial charge in [-0.1, -0.05) is 17.3 Å². The van der Waals surface area contributed by atoms with Crippen LogP contribution in [0.15, 0.2) is 23.4 Å². The number of carbonyl (C=O) groups excluding carboxylic acids is 1. The van der Waals surface area contributed by atoms with Crippen molar-refractivity contribution in [3.8, 4) is 0 Å². The van der Waals surface area contributed by atoms with Crippen molar-refractivity contribution in [1.82, 2.24) is 9.78 Å². The van der Waals surface area contributed by atoms with Crippen molar-refractivity contribution in [2.24, 2.45) is 17.9 Å². The van der Waals surface area contributed by atoms with Crippen molar-refractivity contribution in [2.75, 3.05) is 5.73 Å². The molecule has 1 aromatic carbocycles. The molecule has 10 heteroatoms. The van der Waals surface area contributed by atoms with Crippen LogP contribution in [0.5, 0.6) is 0 Å². The first kappa shape index (κ1) is 16.9. The number of oxime groups is 1. The standard InChI is InChI=1S/C14H16N6O4/c1-7-9(5-4-6-10(7)15)13(16)18-24-14(21)11-12(20(22)23)8(2)19(3)17-11/h4-6H,15H2,1-3H3,(H2,16,18). The average molecular weight is 332 g/mol. The Bertz CT molecular complexity index is 855. The van der Waals surface area contributed by atoms with E-state index in [0.29, 0.717) is 16.8 Å². The fourth-order valence-electron chi connectivity index (χ4n) is 2.07. The molecule has 0 amide bonds. The van der Waals surface area contributed by atoms with E-state index in [2.05, 4.69) is 10.3 Å².